The van der Waals surface area contributed by atoms with Crippen molar-refractivity contribution in [2.45, 2.75) is 13.0 Å². The van der Waals surface area contributed by atoms with Crippen molar-refractivity contribution in [1.29, 1.82) is 0 Å². The smallest absolute Gasteiger partial charge is 0.324 e. The van der Waals surface area contributed by atoms with Crippen LogP contribution in [0, 0.1) is 5.82 Å². The molecule has 0 bridgehead atoms. The average molecular weight is 433 g/mol. The Hall–Kier alpha value is -3.87. The van der Waals surface area contributed by atoms with Gasteiger partial charge in [-0.15, -0.1) is 0 Å². The molecule has 164 valence electrons. The van der Waals surface area contributed by atoms with Crippen LogP contribution in [-0.2, 0) is 6.54 Å². The van der Waals surface area contributed by atoms with Crippen LogP contribution in [0.25, 0.3) is 0 Å². The van der Waals surface area contributed by atoms with Gasteiger partial charge in [0.1, 0.15) is 11.6 Å². The number of hydrogen-bond acceptors (Lipinski definition) is 3. The van der Waals surface area contributed by atoms with Crippen LogP contribution >= 0.6 is 0 Å². The summed E-state index contributed by atoms with van der Waals surface area (Å²) >= 11 is 0. The highest BCUT2D eigenvalue weighted by atomic mass is 19.1. The largest absolute Gasteiger partial charge is 0.495 e. The Morgan fingerprint density at radius 2 is 1.84 bits per heavy atom. The SMILES string of the molecule is COc1ccc(NC(=O)c2cccc(F)c2)cc1N1CCCN(Cc2ccccc2)C1=O. The van der Waals surface area contributed by atoms with Crippen molar-refractivity contribution >= 4 is 23.3 Å². The molecule has 3 aromatic carbocycles. The molecule has 6 nitrogen and oxygen atoms in total. The van der Waals surface area contributed by atoms with Gasteiger partial charge in [-0.25, -0.2) is 9.18 Å². The Bertz CT molecular complexity index is 1120. The van der Waals surface area contributed by atoms with Crippen molar-refractivity contribution in [1.82, 2.24) is 4.90 Å². The Balaban J connectivity index is 1.56. The summed E-state index contributed by atoms with van der Waals surface area (Å²) < 4.78 is 18.9. The van der Waals surface area contributed by atoms with E-state index in [-0.39, 0.29) is 11.6 Å². The third-order valence-electron chi connectivity index (χ3n) is 5.34. The van der Waals surface area contributed by atoms with Crippen LogP contribution in [0.15, 0.2) is 72.8 Å². The maximum absolute atomic E-state index is 13.5. The molecule has 1 aliphatic rings. The number of rotatable bonds is 6. The zero-order valence-corrected chi connectivity index (χ0v) is 17.8. The number of ether oxygens (including phenoxy) is 1. The van der Waals surface area contributed by atoms with Gasteiger partial charge in [0.25, 0.3) is 5.91 Å². The second-order valence-corrected chi connectivity index (χ2v) is 7.55. The number of benzene rings is 3. The van der Waals surface area contributed by atoms with Crippen LogP contribution in [0.3, 0.4) is 0 Å². The Kier molecular flexibility index (Phi) is 6.35. The second-order valence-electron chi connectivity index (χ2n) is 7.55. The molecule has 0 atom stereocenters. The number of methoxy groups -OCH3 is 1. The quantitative estimate of drug-likeness (QED) is 0.600. The predicted molar refractivity (Wildman–Crippen MR) is 122 cm³/mol. The highest BCUT2D eigenvalue weighted by molar-refractivity contribution is 6.05. The topological polar surface area (TPSA) is 61.9 Å². The van der Waals surface area contributed by atoms with Gasteiger partial charge in [-0.1, -0.05) is 36.4 Å². The fourth-order valence-electron chi connectivity index (χ4n) is 3.77. The predicted octanol–water partition coefficient (Wildman–Crippen LogP) is 4.92. The molecule has 1 fully saturated rings. The number of carbonyl (C=O) groups is 2. The lowest BCUT2D eigenvalue weighted by Crippen LogP contribution is -2.49. The summed E-state index contributed by atoms with van der Waals surface area (Å²) in [6.45, 7) is 1.73. The van der Waals surface area contributed by atoms with E-state index in [2.05, 4.69) is 5.32 Å². The molecule has 0 saturated carbocycles. The van der Waals surface area contributed by atoms with E-state index in [0.717, 1.165) is 12.0 Å². The summed E-state index contributed by atoms with van der Waals surface area (Å²) in [5, 5.41) is 2.77. The van der Waals surface area contributed by atoms with Crippen LogP contribution in [0.1, 0.15) is 22.3 Å². The number of urea groups is 1. The Labute approximate surface area is 186 Å². The van der Waals surface area contributed by atoms with E-state index >= 15 is 0 Å². The van der Waals surface area contributed by atoms with Crippen LogP contribution in [0.4, 0.5) is 20.6 Å². The first-order chi connectivity index (χ1) is 15.5. The number of halogens is 1. The number of hydrogen-bond donors (Lipinski definition) is 1. The lowest BCUT2D eigenvalue weighted by atomic mass is 10.1. The summed E-state index contributed by atoms with van der Waals surface area (Å²) in [7, 11) is 1.54. The summed E-state index contributed by atoms with van der Waals surface area (Å²) in [6, 6.07) is 20.3. The van der Waals surface area contributed by atoms with Crippen LogP contribution < -0.4 is 15.0 Å². The van der Waals surface area contributed by atoms with E-state index in [9.17, 15) is 14.0 Å². The van der Waals surface area contributed by atoms with Crippen molar-refractivity contribution in [2.75, 3.05) is 30.4 Å². The van der Waals surface area contributed by atoms with Gasteiger partial charge in [0, 0.05) is 30.9 Å². The van der Waals surface area contributed by atoms with E-state index in [1.165, 1.54) is 18.2 Å². The fourth-order valence-corrected chi connectivity index (χ4v) is 3.77. The summed E-state index contributed by atoms with van der Waals surface area (Å²) in [4.78, 5) is 29.3. The Morgan fingerprint density at radius 3 is 2.59 bits per heavy atom. The molecule has 0 aromatic heterocycles. The highest BCUT2D eigenvalue weighted by Crippen LogP contribution is 2.34. The summed E-state index contributed by atoms with van der Waals surface area (Å²) in [5.41, 5.74) is 2.34. The van der Waals surface area contributed by atoms with Crippen molar-refractivity contribution in [3.63, 3.8) is 0 Å². The van der Waals surface area contributed by atoms with E-state index < -0.39 is 11.7 Å². The molecule has 3 aromatic rings. The molecule has 0 aliphatic carbocycles. The van der Waals surface area contributed by atoms with Gasteiger partial charge >= 0.3 is 6.03 Å². The van der Waals surface area contributed by atoms with Gasteiger partial charge in [0.15, 0.2) is 0 Å². The molecule has 4 rings (SSSR count). The molecule has 1 saturated heterocycles. The van der Waals surface area contributed by atoms with Crippen molar-refractivity contribution < 1.29 is 18.7 Å². The molecule has 1 aliphatic heterocycles. The first-order valence-electron chi connectivity index (χ1n) is 10.4. The maximum Gasteiger partial charge on any atom is 0.324 e. The summed E-state index contributed by atoms with van der Waals surface area (Å²) in [6.07, 6.45) is 0.807. The third kappa shape index (κ3) is 4.72. The normalized spacial score (nSPS) is 13.8. The van der Waals surface area contributed by atoms with Gasteiger partial charge < -0.3 is 15.0 Å². The third-order valence-corrected chi connectivity index (χ3v) is 5.34. The first-order valence-corrected chi connectivity index (χ1v) is 10.4. The van der Waals surface area contributed by atoms with Crippen LogP contribution in [0.2, 0.25) is 0 Å². The van der Waals surface area contributed by atoms with E-state index in [1.54, 1.807) is 41.2 Å². The van der Waals surface area contributed by atoms with Gasteiger partial charge in [-0.3, -0.25) is 9.69 Å². The molecular formula is C25H24FN3O3. The van der Waals surface area contributed by atoms with E-state index in [4.69, 9.17) is 4.74 Å². The standard InChI is InChI=1S/C25H24FN3O3/c1-32-23-12-11-21(27-24(30)19-9-5-10-20(26)15-19)16-22(23)29-14-6-13-28(25(29)31)17-18-7-3-2-4-8-18/h2-5,7-12,15-16H,6,13-14,17H2,1H3,(H,27,30). The molecule has 0 spiro atoms. The molecule has 0 radical (unpaired) electrons. The van der Waals surface area contributed by atoms with Crippen molar-refractivity contribution in [3.05, 3.63) is 89.7 Å². The minimum absolute atomic E-state index is 0.119. The van der Waals surface area contributed by atoms with Gasteiger partial charge in [-0.2, -0.15) is 0 Å². The average Bonchev–Trinajstić information content (AvgIpc) is 2.81. The Morgan fingerprint density at radius 1 is 1.03 bits per heavy atom. The van der Waals surface area contributed by atoms with Gasteiger partial charge in [-0.05, 0) is 48.4 Å². The molecular weight excluding hydrogens is 409 g/mol. The molecule has 1 N–H and O–H groups in total. The minimum Gasteiger partial charge on any atom is -0.495 e. The molecule has 0 unspecified atom stereocenters. The zero-order chi connectivity index (χ0) is 22.5. The number of nitrogens with zero attached hydrogens (tertiary/aromatic N) is 2. The zero-order valence-electron chi connectivity index (χ0n) is 17.8. The lowest BCUT2D eigenvalue weighted by Gasteiger charge is -2.36. The molecule has 3 amide bonds. The number of anilines is 2. The molecule has 1 heterocycles. The van der Waals surface area contributed by atoms with Gasteiger partial charge in [0.2, 0.25) is 0 Å². The van der Waals surface area contributed by atoms with Crippen LogP contribution in [-0.4, -0.2) is 37.0 Å². The van der Waals surface area contributed by atoms with E-state index in [1.807, 2.05) is 30.3 Å². The van der Waals surface area contributed by atoms with Crippen molar-refractivity contribution in [3.8, 4) is 5.75 Å². The van der Waals surface area contributed by atoms with Gasteiger partial charge in [0.05, 0.1) is 12.8 Å². The molecule has 7 heteroatoms. The highest BCUT2D eigenvalue weighted by Gasteiger charge is 2.29. The lowest BCUT2D eigenvalue weighted by molar-refractivity contribution is 0.102. The number of nitrogens with one attached hydrogen (secondary N) is 1. The van der Waals surface area contributed by atoms with Crippen molar-refractivity contribution in [2.24, 2.45) is 0 Å². The second kappa shape index (κ2) is 9.51. The van der Waals surface area contributed by atoms with E-state index in [0.29, 0.717) is 36.8 Å². The minimum atomic E-state index is -0.481. The maximum atomic E-state index is 13.5. The monoisotopic (exact) mass is 433 g/mol. The number of carbonyl (C=O) groups excluding carboxylic acids is 2. The first kappa shape index (κ1) is 21.4. The summed E-state index contributed by atoms with van der Waals surface area (Å²) in [5.74, 6) is -0.384. The van der Waals surface area contributed by atoms with Crippen LogP contribution in [0.5, 0.6) is 5.75 Å². The number of amides is 3. The molecule has 32 heavy (non-hydrogen) atoms. The fraction of sp³-hybridized carbons (Fsp3) is 0.200.